The van der Waals surface area contributed by atoms with Gasteiger partial charge >= 0.3 is 5.97 Å². The van der Waals surface area contributed by atoms with E-state index in [1.54, 1.807) is 0 Å². The van der Waals surface area contributed by atoms with Crippen molar-refractivity contribution in [3.63, 3.8) is 0 Å². The van der Waals surface area contributed by atoms with Gasteiger partial charge in [-0.05, 0) is 34.6 Å². The summed E-state index contributed by atoms with van der Waals surface area (Å²) in [5.41, 5.74) is 4.71. The summed E-state index contributed by atoms with van der Waals surface area (Å²) in [6.07, 6.45) is 0.753. The van der Waals surface area contributed by atoms with Crippen molar-refractivity contribution < 1.29 is 9.90 Å². The van der Waals surface area contributed by atoms with Crippen molar-refractivity contribution in [2.45, 2.75) is 32.6 Å². The zero-order valence-corrected chi connectivity index (χ0v) is 12.0. The van der Waals surface area contributed by atoms with Crippen molar-refractivity contribution in [2.24, 2.45) is 0 Å². The van der Waals surface area contributed by atoms with Crippen LogP contribution < -0.4 is 0 Å². The van der Waals surface area contributed by atoms with Gasteiger partial charge < -0.3 is 5.11 Å². The van der Waals surface area contributed by atoms with Crippen LogP contribution in [-0.4, -0.2) is 11.1 Å². The lowest BCUT2D eigenvalue weighted by atomic mass is 9.97. The highest BCUT2D eigenvalue weighted by Gasteiger charge is 2.03. The molecule has 0 spiro atoms. The van der Waals surface area contributed by atoms with Crippen LogP contribution in [0.4, 0.5) is 0 Å². The Morgan fingerprint density at radius 1 is 1.05 bits per heavy atom. The van der Waals surface area contributed by atoms with Crippen molar-refractivity contribution in [2.75, 3.05) is 0 Å². The lowest BCUT2D eigenvalue weighted by Crippen LogP contribution is -1.97. The molecule has 0 unspecified atom stereocenters. The smallest absolute Gasteiger partial charge is 0.303 e. The first kappa shape index (κ1) is 14.3. The van der Waals surface area contributed by atoms with Crippen molar-refractivity contribution in [3.8, 4) is 11.1 Å². The molecule has 0 bridgehead atoms. The number of aryl methyl sites for hydroxylation is 1. The maximum absolute atomic E-state index is 10.6. The Labute approximate surface area is 120 Å². The van der Waals surface area contributed by atoms with Crippen LogP contribution in [0.3, 0.4) is 0 Å². The van der Waals surface area contributed by atoms with E-state index in [2.05, 4.69) is 50.2 Å². The molecule has 0 aliphatic carbocycles. The molecular formula is C18H20O2. The molecule has 104 valence electrons. The van der Waals surface area contributed by atoms with Crippen LogP contribution in [-0.2, 0) is 11.2 Å². The number of benzene rings is 2. The Morgan fingerprint density at radius 2 is 1.75 bits per heavy atom. The molecule has 0 heterocycles. The topological polar surface area (TPSA) is 37.3 Å². The molecule has 0 fully saturated rings. The fraction of sp³-hybridized carbons (Fsp3) is 0.278. The molecule has 2 aromatic rings. The number of hydrogen-bond acceptors (Lipinski definition) is 1. The third-order valence-corrected chi connectivity index (χ3v) is 3.47. The van der Waals surface area contributed by atoms with E-state index in [0.717, 1.165) is 11.1 Å². The minimum Gasteiger partial charge on any atom is -0.481 e. The quantitative estimate of drug-likeness (QED) is 0.867. The van der Waals surface area contributed by atoms with Gasteiger partial charge in [0.25, 0.3) is 0 Å². The van der Waals surface area contributed by atoms with Crippen LogP contribution in [0.25, 0.3) is 11.1 Å². The molecule has 0 aliphatic rings. The van der Waals surface area contributed by atoms with Crippen LogP contribution in [0.5, 0.6) is 0 Å². The molecule has 2 nitrogen and oxygen atoms in total. The molecule has 20 heavy (non-hydrogen) atoms. The first-order chi connectivity index (χ1) is 9.56. The summed E-state index contributed by atoms with van der Waals surface area (Å²) in [5, 5.41) is 8.74. The van der Waals surface area contributed by atoms with Gasteiger partial charge in [-0.25, -0.2) is 0 Å². The minimum absolute atomic E-state index is 0.176. The Bertz CT molecular complexity index is 583. The van der Waals surface area contributed by atoms with Crippen LogP contribution in [0.1, 0.15) is 37.3 Å². The zero-order chi connectivity index (χ0) is 14.5. The molecule has 2 rings (SSSR count). The first-order valence-electron chi connectivity index (χ1n) is 6.97. The Hall–Kier alpha value is -2.09. The highest BCUT2D eigenvalue weighted by molar-refractivity contribution is 5.68. The van der Waals surface area contributed by atoms with Crippen LogP contribution in [0.2, 0.25) is 0 Å². The second-order valence-electron chi connectivity index (χ2n) is 5.37. The molecule has 0 aliphatic heterocycles. The van der Waals surface area contributed by atoms with Crippen LogP contribution in [0.15, 0.2) is 48.5 Å². The normalized spacial score (nSPS) is 10.8. The van der Waals surface area contributed by atoms with Gasteiger partial charge in [-0.15, -0.1) is 0 Å². The van der Waals surface area contributed by atoms with Crippen molar-refractivity contribution in [3.05, 3.63) is 59.7 Å². The summed E-state index contributed by atoms with van der Waals surface area (Å²) in [6, 6.07) is 16.7. The van der Waals surface area contributed by atoms with E-state index in [1.165, 1.54) is 11.1 Å². The molecule has 2 aromatic carbocycles. The van der Waals surface area contributed by atoms with Gasteiger partial charge in [-0.2, -0.15) is 0 Å². The zero-order valence-electron chi connectivity index (χ0n) is 12.0. The van der Waals surface area contributed by atoms with Gasteiger partial charge in [0.1, 0.15) is 0 Å². The van der Waals surface area contributed by atoms with Crippen molar-refractivity contribution >= 4 is 5.97 Å². The van der Waals surface area contributed by atoms with E-state index >= 15 is 0 Å². The molecule has 0 saturated carbocycles. The van der Waals surface area contributed by atoms with Crippen molar-refractivity contribution in [1.82, 2.24) is 0 Å². The molecule has 0 radical (unpaired) electrons. The fourth-order valence-corrected chi connectivity index (χ4v) is 2.22. The molecule has 0 saturated heterocycles. The number of rotatable bonds is 5. The predicted molar refractivity (Wildman–Crippen MR) is 81.9 cm³/mol. The van der Waals surface area contributed by atoms with Gasteiger partial charge in [0, 0.05) is 6.42 Å². The number of carboxylic acids is 1. The maximum atomic E-state index is 10.6. The Kier molecular flexibility index (Phi) is 4.57. The second-order valence-corrected chi connectivity index (χ2v) is 5.37. The number of carbonyl (C=O) groups is 1. The van der Waals surface area contributed by atoms with E-state index in [4.69, 9.17) is 5.11 Å². The summed E-state index contributed by atoms with van der Waals surface area (Å²) in [5.74, 6) is -0.220. The predicted octanol–water partition coefficient (Wildman–Crippen LogP) is 4.49. The highest BCUT2D eigenvalue weighted by atomic mass is 16.4. The molecule has 0 aromatic heterocycles. The van der Waals surface area contributed by atoms with Gasteiger partial charge in [-0.1, -0.05) is 62.4 Å². The fourth-order valence-electron chi connectivity index (χ4n) is 2.22. The molecular weight excluding hydrogens is 248 g/mol. The summed E-state index contributed by atoms with van der Waals surface area (Å²) in [4.78, 5) is 10.6. The average molecular weight is 268 g/mol. The third-order valence-electron chi connectivity index (χ3n) is 3.47. The number of carboxylic acid groups (broad SMARTS) is 1. The highest BCUT2D eigenvalue weighted by Crippen LogP contribution is 2.23. The summed E-state index contributed by atoms with van der Waals surface area (Å²) < 4.78 is 0. The van der Waals surface area contributed by atoms with Crippen LogP contribution >= 0.6 is 0 Å². The van der Waals surface area contributed by atoms with Gasteiger partial charge in [0.15, 0.2) is 0 Å². The lowest BCUT2D eigenvalue weighted by molar-refractivity contribution is -0.136. The first-order valence-corrected chi connectivity index (χ1v) is 6.97. The Morgan fingerprint density at radius 3 is 2.35 bits per heavy atom. The van der Waals surface area contributed by atoms with Gasteiger partial charge in [0.2, 0.25) is 0 Å². The SMILES string of the molecule is CC(C)c1ccc(-c2cccc(CCC(=O)O)c2)cc1. The second kappa shape index (κ2) is 6.38. The van der Waals surface area contributed by atoms with E-state index in [-0.39, 0.29) is 6.42 Å². The summed E-state index contributed by atoms with van der Waals surface area (Å²) >= 11 is 0. The Balaban J connectivity index is 2.19. The summed E-state index contributed by atoms with van der Waals surface area (Å²) in [6.45, 7) is 4.36. The third kappa shape index (κ3) is 3.70. The molecule has 0 atom stereocenters. The molecule has 1 N–H and O–H groups in total. The summed E-state index contributed by atoms with van der Waals surface area (Å²) in [7, 11) is 0. The van der Waals surface area contributed by atoms with E-state index in [1.807, 2.05) is 12.1 Å². The maximum Gasteiger partial charge on any atom is 0.303 e. The number of hydrogen-bond donors (Lipinski definition) is 1. The minimum atomic E-state index is -0.753. The standard InChI is InChI=1S/C18H20O2/c1-13(2)15-7-9-16(10-8-15)17-5-3-4-14(12-17)6-11-18(19)20/h3-5,7-10,12-13H,6,11H2,1-2H3,(H,19,20). The van der Waals surface area contributed by atoms with Crippen molar-refractivity contribution in [1.29, 1.82) is 0 Å². The monoisotopic (exact) mass is 268 g/mol. The van der Waals surface area contributed by atoms with E-state index in [9.17, 15) is 4.79 Å². The largest absolute Gasteiger partial charge is 0.481 e. The van der Waals surface area contributed by atoms with E-state index in [0.29, 0.717) is 12.3 Å². The van der Waals surface area contributed by atoms with E-state index < -0.39 is 5.97 Å². The number of aliphatic carboxylic acids is 1. The molecule has 2 heteroatoms. The van der Waals surface area contributed by atoms with Gasteiger partial charge in [0.05, 0.1) is 0 Å². The average Bonchev–Trinajstić information content (AvgIpc) is 2.45. The lowest BCUT2D eigenvalue weighted by Gasteiger charge is -2.08. The van der Waals surface area contributed by atoms with Crippen LogP contribution in [0, 0.1) is 0 Å². The van der Waals surface area contributed by atoms with Gasteiger partial charge in [-0.3, -0.25) is 4.79 Å². The molecule has 0 amide bonds.